The Morgan fingerprint density at radius 2 is 1.64 bits per heavy atom. The van der Waals surface area contributed by atoms with E-state index in [4.69, 9.17) is 0 Å². The SMILES string of the molecule is C=CC[Si]1CCC(C2CCC(CCc3ccc(F)c(F)c3)CC2)CC1. The summed E-state index contributed by atoms with van der Waals surface area (Å²) in [6, 6.07) is 8.65. The van der Waals surface area contributed by atoms with Crippen molar-refractivity contribution in [1.29, 1.82) is 0 Å². The van der Waals surface area contributed by atoms with E-state index in [-0.39, 0.29) is 8.80 Å². The number of benzene rings is 1. The van der Waals surface area contributed by atoms with E-state index in [2.05, 4.69) is 12.7 Å². The van der Waals surface area contributed by atoms with Crippen LogP contribution in [0.1, 0.15) is 50.5 Å². The molecule has 3 rings (SSSR count). The third-order valence-electron chi connectivity index (χ3n) is 6.55. The van der Waals surface area contributed by atoms with Crippen molar-refractivity contribution in [1.82, 2.24) is 0 Å². The molecule has 0 spiro atoms. The maximum absolute atomic E-state index is 13.3. The molecular weight excluding hydrogens is 330 g/mol. The summed E-state index contributed by atoms with van der Waals surface area (Å²) in [5.41, 5.74) is 0.935. The Morgan fingerprint density at radius 1 is 0.960 bits per heavy atom. The van der Waals surface area contributed by atoms with Crippen molar-refractivity contribution in [3.05, 3.63) is 48.1 Å². The molecule has 1 radical (unpaired) electrons. The highest BCUT2D eigenvalue weighted by atomic mass is 28.3. The third-order valence-corrected chi connectivity index (χ3v) is 9.41. The molecule has 3 heteroatoms. The number of hydrogen-bond acceptors (Lipinski definition) is 0. The lowest BCUT2D eigenvalue weighted by Gasteiger charge is -2.37. The lowest BCUT2D eigenvalue weighted by Crippen LogP contribution is -2.28. The van der Waals surface area contributed by atoms with Crippen molar-refractivity contribution in [3.63, 3.8) is 0 Å². The largest absolute Gasteiger partial charge is 0.204 e. The quantitative estimate of drug-likeness (QED) is 0.386. The monoisotopic (exact) mass is 361 g/mol. The molecule has 1 saturated carbocycles. The molecule has 2 aliphatic rings. The highest BCUT2D eigenvalue weighted by Crippen LogP contribution is 2.41. The number of aryl methyl sites for hydroxylation is 1. The van der Waals surface area contributed by atoms with Crippen molar-refractivity contribution in [2.45, 2.75) is 69.5 Å². The van der Waals surface area contributed by atoms with Gasteiger partial charge in [-0.1, -0.05) is 49.9 Å². The zero-order valence-electron chi connectivity index (χ0n) is 15.3. The van der Waals surface area contributed by atoms with E-state index in [1.165, 1.54) is 68.8 Å². The summed E-state index contributed by atoms with van der Waals surface area (Å²) in [6.45, 7) is 3.91. The van der Waals surface area contributed by atoms with Crippen molar-refractivity contribution in [3.8, 4) is 0 Å². The van der Waals surface area contributed by atoms with Crippen LogP contribution in [-0.2, 0) is 6.42 Å². The average Bonchev–Trinajstić information content (AvgIpc) is 2.64. The average molecular weight is 362 g/mol. The Morgan fingerprint density at radius 3 is 2.28 bits per heavy atom. The Bertz CT molecular complexity index is 555. The van der Waals surface area contributed by atoms with Crippen LogP contribution in [0.2, 0.25) is 18.1 Å². The smallest absolute Gasteiger partial charge is 0.159 e. The summed E-state index contributed by atoms with van der Waals surface area (Å²) in [6.07, 6.45) is 12.5. The minimum absolute atomic E-state index is 0.101. The van der Waals surface area contributed by atoms with Gasteiger partial charge in [-0.05, 0) is 67.2 Å². The van der Waals surface area contributed by atoms with E-state index in [0.29, 0.717) is 0 Å². The summed E-state index contributed by atoms with van der Waals surface area (Å²) < 4.78 is 26.3. The highest BCUT2D eigenvalue weighted by molar-refractivity contribution is 6.59. The summed E-state index contributed by atoms with van der Waals surface area (Å²) in [4.78, 5) is 0. The van der Waals surface area contributed by atoms with Crippen LogP contribution >= 0.6 is 0 Å². The Labute approximate surface area is 153 Å². The summed E-state index contributed by atoms with van der Waals surface area (Å²) in [7, 11) is -0.101. The molecule has 1 aliphatic heterocycles. The molecule has 0 aromatic heterocycles. The number of halogens is 2. The van der Waals surface area contributed by atoms with E-state index >= 15 is 0 Å². The molecule has 1 heterocycles. The minimum Gasteiger partial charge on any atom is -0.204 e. The zero-order chi connectivity index (χ0) is 17.6. The van der Waals surface area contributed by atoms with E-state index in [0.717, 1.165) is 36.2 Å². The second-order valence-electron chi connectivity index (χ2n) is 8.15. The van der Waals surface area contributed by atoms with Crippen molar-refractivity contribution in [2.75, 3.05) is 0 Å². The van der Waals surface area contributed by atoms with Gasteiger partial charge in [0.15, 0.2) is 11.6 Å². The predicted octanol–water partition coefficient (Wildman–Crippen LogP) is 6.79. The van der Waals surface area contributed by atoms with Crippen molar-refractivity contribution in [2.24, 2.45) is 17.8 Å². The van der Waals surface area contributed by atoms with Gasteiger partial charge in [-0.15, -0.1) is 6.58 Å². The molecule has 0 unspecified atom stereocenters. The Kier molecular flexibility index (Phi) is 6.86. The van der Waals surface area contributed by atoms with E-state index in [1.54, 1.807) is 6.07 Å². The Hall–Kier alpha value is -0.963. The number of allylic oxidation sites excluding steroid dienone is 1. The van der Waals surface area contributed by atoms with Gasteiger partial charge in [0.05, 0.1) is 8.80 Å². The molecule has 1 aromatic carbocycles. The molecule has 0 amide bonds. The van der Waals surface area contributed by atoms with Crippen LogP contribution in [0.4, 0.5) is 8.78 Å². The van der Waals surface area contributed by atoms with Gasteiger partial charge in [0.1, 0.15) is 0 Å². The highest BCUT2D eigenvalue weighted by Gasteiger charge is 2.30. The fourth-order valence-corrected chi connectivity index (χ4v) is 7.57. The maximum atomic E-state index is 13.3. The van der Waals surface area contributed by atoms with E-state index in [9.17, 15) is 8.78 Å². The first kappa shape index (κ1) is 18.8. The van der Waals surface area contributed by atoms with Gasteiger partial charge >= 0.3 is 0 Å². The van der Waals surface area contributed by atoms with Gasteiger partial charge in [0, 0.05) is 0 Å². The first-order chi connectivity index (χ1) is 12.2. The normalized spacial score (nSPS) is 25.8. The first-order valence-corrected chi connectivity index (χ1v) is 12.2. The molecule has 25 heavy (non-hydrogen) atoms. The standard InChI is InChI=1S/C22H31F2Si/c1-2-13-25-14-11-20(12-15-25)19-8-5-17(6-9-19)3-4-18-7-10-21(23)22(24)16-18/h2,7,10,16-17,19-20H,1,3-6,8-9,11-15H2. The Balaban J connectivity index is 1.38. The molecule has 2 fully saturated rings. The van der Waals surface area contributed by atoms with E-state index in [1.807, 2.05) is 0 Å². The molecule has 1 aromatic rings. The summed E-state index contributed by atoms with van der Waals surface area (Å²) in [5.74, 6) is 1.25. The fraction of sp³-hybridized carbons (Fsp3) is 0.636. The zero-order valence-corrected chi connectivity index (χ0v) is 16.3. The van der Waals surface area contributed by atoms with Crippen LogP contribution in [0.25, 0.3) is 0 Å². The fourth-order valence-electron chi connectivity index (χ4n) is 4.94. The molecule has 137 valence electrons. The molecule has 0 N–H and O–H groups in total. The van der Waals surface area contributed by atoms with Gasteiger partial charge in [-0.25, -0.2) is 8.78 Å². The molecule has 1 aliphatic carbocycles. The topological polar surface area (TPSA) is 0 Å². The summed E-state index contributed by atoms with van der Waals surface area (Å²) in [5, 5.41) is 0. The molecule has 1 saturated heterocycles. The molecule has 0 atom stereocenters. The van der Waals surface area contributed by atoms with Gasteiger partial charge in [-0.2, -0.15) is 0 Å². The van der Waals surface area contributed by atoms with Crippen LogP contribution in [0, 0.1) is 29.4 Å². The summed E-state index contributed by atoms with van der Waals surface area (Å²) >= 11 is 0. The molecule has 0 bridgehead atoms. The van der Waals surface area contributed by atoms with Gasteiger partial charge in [0.25, 0.3) is 0 Å². The molecule has 0 nitrogen and oxygen atoms in total. The second kappa shape index (κ2) is 9.11. The van der Waals surface area contributed by atoms with Crippen LogP contribution in [0.5, 0.6) is 0 Å². The molecular formula is C22H31F2Si. The maximum Gasteiger partial charge on any atom is 0.159 e. The third kappa shape index (κ3) is 5.26. The minimum atomic E-state index is -0.741. The van der Waals surface area contributed by atoms with Crippen LogP contribution in [0.15, 0.2) is 30.9 Å². The van der Waals surface area contributed by atoms with Crippen molar-refractivity contribution < 1.29 is 8.78 Å². The van der Waals surface area contributed by atoms with Crippen molar-refractivity contribution >= 4 is 8.80 Å². The predicted molar refractivity (Wildman–Crippen MR) is 103 cm³/mol. The van der Waals surface area contributed by atoms with Crippen LogP contribution < -0.4 is 0 Å². The van der Waals surface area contributed by atoms with Gasteiger partial charge in [0.2, 0.25) is 0 Å². The van der Waals surface area contributed by atoms with Crippen LogP contribution in [0.3, 0.4) is 0 Å². The lowest BCUT2D eigenvalue weighted by atomic mass is 9.73. The van der Waals surface area contributed by atoms with Crippen LogP contribution in [-0.4, -0.2) is 8.80 Å². The lowest BCUT2D eigenvalue weighted by molar-refractivity contribution is 0.186. The second-order valence-corrected chi connectivity index (χ2v) is 11.1. The number of rotatable bonds is 6. The van der Waals surface area contributed by atoms with Gasteiger partial charge in [-0.3, -0.25) is 0 Å². The first-order valence-electron chi connectivity index (χ1n) is 10.0. The van der Waals surface area contributed by atoms with E-state index < -0.39 is 11.6 Å². The number of hydrogen-bond donors (Lipinski definition) is 0. The van der Waals surface area contributed by atoms with Gasteiger partial charge < -0.3 is 0 Å².